The van der Waals surface area contributed by atoms with E-state index in [1.165, 1.54) is 38.3 Å². The monoisotopic (exact) mass is 538 g/mol. The fourth-order valence-electron chi connectivity index (χ4n) is 8.31. The molecule has 0 spiro atoms. The third-order valence-electron chi connectivity index (χ3n) is 10.1. The molecule has 0 radical (unpaired) electrons. The number of pyridine rings is 1. The van der Waals surface area contributed by atoms with Gasteiger partial charge in [-0.05, 0) is 106 Å². The predicted octanol–water partition coefficient (Wildman–Crippen LogP) is 4.77. The van der Waals surface area contributed by atoms with Crippen LogP contribution in [-0.2, 0) is 6.54 Å². The summed E-state index contributed by atoms with van der Waals surface area (Å²) in [4.78, 5) is 12.8. The number of anilines is 2. The van der Waals surface area contributed by atoms with Crippen LogP contribution in [0.25, 0.3) is 0 Å². The first-order chi connectivity index (χ1) is 18.8. The van der Waals surface area contributed by atoms with Gasteiger partial charge in [0.15, 0.2) is 11.6 Å². The summed E-state index contributed by atoms with van der Waals surface area (Å²) in [6, 6.07) is 4.38. The van der Waals surface area contributed by atoms with Crippen molar-refractivity contribution in [2.45, 2.75) is 82.9 Å². The van der Waals surface area contributed by atoms with Crippen LogP contribution in [0.3, 0.4) is 0 Å². The number of halogens is 1. The molecule has 2 heterocycles. The highest BCUT2D eigenvalue weighted by Crippen LogP contribution is 2.60. The molecule has 7 rings (SSSR count). The minimum absolute atomic E-state index is 0.215. The Morgan fingerprint density at radius 3 is 2.62 bits per heavy atom. The number of nitrogens with one attached hydrogen (secondary N) is 3. The minimum Gasteiger partial charge on any atom is -0.481 e. The summed E-state index contributed by atoms with van der Waals surface area (Å²) >= 11 is 0. The van der Waals surface area contributed by atoms with Crippen molar-refractivity contribution in [3.05, 3.63) is 35.9 Å². The molecule has 4 bridgehead atoms. The summed E-state index contributed by atoms with van der Waals surface area (Å²) in [7, 11) is 1.59. The van der Waals surface area contributed by atoms with E-state index in [2.05, 4.69) is 30.9 Å². The summed E-state index contributed by atoms with van der Waals surface area (Å²) in [5.41, 5.74) is 0.632. The lowest BCUT2D eigenvalue weighted by Gasteiger charge is -2.60. The fraction of sp³-hybridized carbons (Fsp3) is 0.700. The summed E-state index contributed by atoms with van der Waals surface area (Å²) < 4.78 is 20.0. The molecular formula is C30H43FN6O2. The molecule has 9 heteroatoms. The van der Waals surface area contributed by atoms with E-state index in [4.69, 9.17) is 4.74 Å². The van der Waals surface area contributed by atoms with Crippen LogP contribution in [-0.4, -0.2) is 51.9 Å². The first-order valence-corrected chi connectivity index (χ1v) is 14.8. The maximum Gasteiger partial charge on any atom is 0.225 e. The second-order valence-corrected chi connectivity index (χ2v) is 13.1. The lowest BCUT2D eigenvalue weighted by molar-refractivity contribution is -0.0711. The van der Waals surface area contributed by atoms with Gasteiger partial charge in [-0.15, -0.1) is 0 Å². The summed E-state index contributed by atoms with van der Waals surface area (Å²) in [5, 5.41) is 20.9. The number of methoxy groups -OCH3 is 1. The highest BCUT2D eigenvalue weighted by Gasteiger charge is 2.55. The lowest BCUT2D eigenvalue weighted by atomic mass is 9.48. The number of ether oxygens (including phenoxy) is 1. The van der Waals surface area contributed by atoms with Gasteiger partial charge in [0.1, 0.15) is 0 Å². The van der Waals surface area contributed by atoms with Gasteiger partial charge in [-0.25, -0.2) is 14.4 Å². The van der Waals surface area contributed by atoms with Crippen LogP contribution in [0.15, 0.2) is 24.5 Å². The summed E-state index contributed by atoms with van der Waals surface area (Å²) in [6.45, 7) is 4.25. The lowest BCUT2D eigenvalue weighted by Crippen LogP contribution is -2.60. The third kappa shape index (κ3) is 5.85. The first kappa shape index (κ1) is 26.7. The molecule has 0 aromatic carbocycles. The van der Waals surface area contributed by atoms with Gasteiger partial charge in [0, 0.05) is 30.9 Å². The van der Waals surface area contributed by atoms with Gasteiger partial charge in [0.05, 0.1) is 18.9 Å². The molecule has 0 amide bonds. The number of nitrogens with zero attached hydrogens (tertiary/aromatic N) is 3. The average Bonchev–Trinajstić information content (AvgIpc) is 2.92. The van der Waals surface area contributed by atoms with E-state index < -0.39 is 11.4 Å². The second kappa shape index (κ2) is 10.8. The maximum absolute atomic E-state index is 14.7. The van der Waals surface area contributed by atoms with Crippen LogP contribution in [0.4, 0.5) is 16.2 Å². The quantitative estimate of drug-likeness (QED) is 0.343. The number of hydrogen-bond donors (Lipinski definition) is 4. The van der Waals surface area contributed by atoms with E-state index in [0.29, 0.717) is 42.2 Å². The van der Waals surface area contributed by atoms with Gasteiger partial charge in [0.25, 0.3) is 0 Å². The number of rotatable bonds is 10. The smallest absolute Gasteiger partial charge is 0.225 e. The van der Waals surface area contributed by atoms with Crippen LogP contribution in [0.1, 0.15) is 70.3 Å². The van der Waals surface area contributed by atoms with Gasteiger partial charge in [-0.2, -0.15) is 4.98 Å². The Labute approximate surface area is 231 Å². The molecule has 8 nitrogen and oxygen atoms in total. The number of hydrogen-bond acceptors (Lipinski definition) is 8. The minimum atomic E-state index is -0.467. The van der Waals surface area contributed by atoms with Crippen molar-refractivity contribution in [1.29, 1.82) is 0 Å². The number of aromatic nitrogens is 3. The molecule has 2 aromatic rings. The van der Waals surface area contributed by atoms with Crippen molar-refractivity contribution in [2.75, 3.05) is 30.8 Å². The molecule has 0 saturated heterocycles. The van der Waals surface area contributed by atoms with Crippen molar-refractivity contribution in [1.82, 2.24) is 20.3 Å². The standard InChI is InChI=1S/C30H43FN6O2/c1-29(38)7-5-19(6-8-29)15-33-25-22-10-20-11-23(25)14-30(12-20,13-22)18-36-26-24(31)17-35-28(37-26)34-16-21-4-3-9-32-27(21)39-2/h3-4,9,17,19-20,22-23,25,33,38H,5-8,10-16,18H2,1-2H3,(H2,34,35,36,37)/t19?,20?,22-,23+,25?,29?,30?. The van der Waals surface area contributed by atoms with Crippen LogP contribution < -0.4 is 20.7 Å². The van der Waals surface area contributed by atoms with E-state index in [1.54, 1.807) is 13.3 Å². The molecule has 5 fully saturated rings. The fourth-order valence-corrected chi connectivity index (χ4v) is 8.31. The molecular weight excluding hydrogens is 495 g/mol. The average molecular weight is 539 g/mol. The van der Waals surface area contributed by atoms with E-state index in [-0.39, 0.29) is 11.2 Å². The Morgan fingerprint density at radius 1 is 1.10 bits per heavy atom. The predicted molar refractivity (Wildman–Crippen MR) is 149 cm³/mol. The Morgan fingerprint density at radius 2 is 1.87 bits per heavy atom. The van der Waals surface area contributed by atoms with Crippen molar-refractivity contribution in [3.8, 4) is 5.88 Å². The molecule has 5 atom stereocenters. The van der Waals surface area contributed by atoms with Crippen molar-refractivity contribution in [3.63, 3.8) is 0 Å². The molecule has 212 valence electrons. The normalized spacial score (nSPS) is 35.1. The van der Waals surface area contributed by atoms with Gasteiger partial charge >= 0.3 is 0 Å². The van der Waals surface area contributed by atoms with Gasteiger partial charge in [-0.1, -0.05) is 6.07 Å². The Hall–Kier alpha value is -2.52. The Bertz CT molecular complexity index is 1140. The van der Waals surface area contributed by atoms with Crippen molar-refractivity contribution < 1.29 is 14.2 Å². The van der Waals surface area contributed by atoms with Crippen LogP contribution in [0.5, 0.6) is 5.88 Å². The van der Waals surface area contributed by atoms with E-state index >= 15 is 0 Å². The molecule has 0 aliphatic heterocycles. The third-order valence-corrected chi connectivity index (χ3v) is 10.1. The van der Waals surface area contributed by atoms with Gasteiger partial charge in [-0.3, -0.25) is 0 Å². The largest absolute Gasteiger partial charge is 0.481 e. The highest BCUT2D eigenvalue weighted by molar-refractivity contribution is 5.42. The molecule has 2 aromatic heterocycles. The zero-order chi connectivity index (χ0) is 27.0. The summed E-state index contributed by atoms with van der Waals surface area (Å²) in [6.07, 6.45) is 13.3. The van der Waals surface area contributed by atoms with Crippen molar-refractivity contribution in [2.24, 2.45) is 29.1 Å². The maximum atomic E-state index is 14.7. The number of aliphatic hydroxyl groups is 1. The Balaban J connectivity index is 1.05. The molecule has 5 saturated carbocycles. The van der Waals surface area contributed by atoms with E-state index in [9.17, 15) is 9.50 Å². The highest BCUT2D eigenvalue weighted by atomic mass is 19.1. The van der Waals surface area contributed by atoms with E-state index in [1.807, 2.05) is 19.1 Å². The molecule has 39 heavy (non-hydrogen) atoms. The van der Waals surface area contributed by atoms with Crippen molar-refractivity contribution >= 4 is 11.8 Å². The zero-order valence-electron chi connectivity index (χ0n) is 23.3. The Kier molecular flexibility index (Phi) is 7.39. The van der Waals surface area contributed by atoms with Crippen LogP contribution >= 0.6 is 0 Å². The molecule has 4 N–H and O–H groups in total. The molecule has 5 aliphatic rings. The van der Waals surface area contributed by atoms with Crippen LogP contribution in [0, 0.1) is 34.9 Å². The molecule has 3 unspecified atom stereocenters. The first-order valence-electron chi connectivity index (χ1n) is 14.8. The summed E-state index contributed by atoms with van der Waals surface area (Å²) in [5.74, 6) is 3.64. The topological polar surface area (TPSA) is 104 Å². The SMILES string of the molecule is COc1ncccc1CNc1ncc(F)c(NCC23CC4C[C@H](C2)C(NCC2CCC(C)(O)CC2)[C@@H](C4)C3)n1. The second-order valence-electron chi connectivity index (χ2n) is 13.1. The van der Waals surface area contributed by atoms with E-state index in [0.717, 1.165) is 50.3 Å². The molecule has 5 aliphatic carbocycles. The van der Waals surface area contributed by atoms with Crippen LogP contribution in [0.2, 0.25) is 0 Å². The zero-order valence-corrected chi connectivity index (χ0v) is 23.3. The van der Waals surface area contributed by atoms with Gasteiger partial charge in [0.2, 0.25) is 11.8 Å². The van der Waals surface area contributed by atoms with Gasteiger partial charge < -0.3 is 25.8 Å².